The van der Waals surface area contributed by atoms with Crippen LogP contribution in [-0.4, -0.2) is 11.9 Å². The Kier molecular flexibility index (Phi) is 10.3. The van der Waals surface area contributed by atoms with Crippen molar-refractivity contribution >= 4 is 17.5 Å². The zero-order valence-electron chi connectivity index (χ0n) is 16.8. The van der Waals surface area contributed by atoms with Crippen molar-refractivity contribution in [3.63, 3.8) is 0 Å². The van der Waals surface area contributed by atoms with E-state index in [9.17, 15) is 9.59 Å². The van der Waals surface area contributed by atoms with Crippen molar-refractivity contribution in [1.82, 2.24) is 0 Å². The summed E-state index contributed by atoms with van der Waals surface area (Å²) >= 11 is 0. The summed E-state index contributed by atoms with van der Waals surface area (Å²) in [6.45, 7) is 7.22. The van der Waals surface area contributed by atoms with Crippen LogP contribution in [0.25, 0.3) is 5.57 Å². The number of rotatable bonds is 10. The molecular weight excluding hydrogens is 366 g/mol. The van der Waals surface area contributed by atoms with Crippen LogP contribution in [0.15, 0.2) is 55.1 Å². The van der Waals surface area contributed by atoms with Crippen molar-refractivity contribution in [2.75, 3.05) is 0 Å². The fourth-order valence-corrected chi connectivity index (χ4v) is 2.64. The zero-order chi connectivity index (χ0) is 21.6. The Hall–Kier alpha value is -3.57. The van der Waals surface area contributed by atoms with Crippen LogP contribution in [0.4, 0.5) is 0 Å². The summed E-state index contributed by atoms with van der Waals surface area (Å²) in [6, 6.07) is 9.10. The van der Waals surface area contributed by atoms with Gasteiger partial charge in [0.25, 0.3) is 0 Å². The van der Waals surface area contributed by atoms with Crippen LogP contribution in [0.5, 0.6) is 5.75 Å². The van der Waals surface area contributed by atoms with Gasteiger partial charge in [-0.05, 0) is 36.1 Å². The quantitative estimate of drug-likeness (QED) is 0.247. The molecular formula is C24H25NO4. The van der Waals surface area contributed by atoms with Gasteiger partial charge in [0, 0.05) is 0 Å². The second-order valence-electron chi connectivity index (χ2n) is 6.35. The Morgan fingerprint density at radius 3 is 2.52 bits per heavy atom. The van der Waals surface area contributed by atoms with E-state index in [0.29, 0.717) is 25.0 Å². The van der Waals surface area contributed by atoms with Crippen LogP contribution in [0.1, 0.15) is 38.7 Å². The molecule has 0 bridgehead atoms. The number of nitrogens with zero attached hydrogens (tertiary/aromatic N) is 1. The molecule has 1 aromatic rings. The Balaban J connectivity index is 2.82. The molecule has 0 fully saturated rings. The average Bonchev–Trinajstić information content (AvgIpc) is 2.72. The summed E-state index contributed by atoms with van der Waals surface area (Å²) < 4.78 is 10.0. The molecule has 0 radical (unpaired) electrons. The Morgan fingerprint density at radius 2 is 1.97 bits per heavy atom. The predicted molar refractivity (Wildman–Crippen MR) is 112 cm³/mol. The highest BCUT2D eigenvalue weighted by atomic mass is 16.5. The van der Waals surface area contributed by atoms with Gasteiger partial charge in [-0.2, -0.15) is 5.26 Å². The van der Waals surface area contributed by atoms with E-state index in [4.69, 9.17) is 16.4 Å². The molecule has 0 N–H and O–H groups in total. The van der Waals surface area contributed by atoms with Gasteiger partial charge in [0.15, 0.2) is 0 Å². The smallest absolute Gasteiger partial charge is 0.322 e. The molecule has 0 amide bonds. The molecule has 0 heterocycles. The van der Waals surface area contributed by atoms with Crippen molar-refractivity contribution in [2.24, 2.45) is 11.8 Å². The van der Waals surface area contributed by atoms with Crippen LogP contribution in [-0.2, 0) is 14.3 Å². The van der Waals surface area contributed by atoms with Crippen molar-refractivity contribution < 1.29 is 19.1 Å². The van der Waals surface area contributed by atoms with Crippen LogP contribution >= 0.6 is 0 Å². The third-order valence-electron chi connectivity index (χ3n) is 4.24. The Morgan fingerprint density at radius 1 is 1.28 bits per heavy atom. The van der Waals surface area contributed by atoms with Crippen LogP contribution in [0.2, 0.25) is 0 Å². The van der Waals surface area contributed by atoms with E-state index in [1.54, 1.807) is 31.2 Å². The van der Waals surface area contributed by atoms with Gasteiger partial charge in [-0.15, -0.1) is 0 Å². The molecule has 0 aliphatic carbocycles. The number of carbonyl (C=O) groups excluding carboxylic acids is 2. The maximum atomic E-state index is 12.5. The lowest BCUT2D eigenvalue weighted by Crippen LogP contribution is -2.25. The van der Waals surface area contributed by atoms with Gasteiger partial charge in [-0.3, -0.25) is 9.59 Å². The highest BCUT2D eigenvalue weighted by Gasteiger charge is 2.25. The predicted octanol–water partition coefficient (Wildman–Crippen LogP) is 4.82. The average molecular weight is 391 g/mol. The zero-order valence-corrected chi connectivity index (χ0v) is 16.8. The molecule has 2 atom stereocenters. The summed E-state index contributed by atoms with van der Waals surface area (Å²) in [5.74, 6) is -1.47. The van der Waals surface area contributed by atoms with Gasteiger partial charge < -0.3 is 9.47 Å². The fourth-order valence-electron chi connectivity index (χ4n) is 2.64. The monoisotopic (exact) mass is 391 g/mol. The molecule has 29 heavy (non-hydrogen) atoms. The van der Waals surface area contributed by atoms with Gasteiger partial charge in [0.1, 0.15) is 11.9 Å². The number of carbonyl (C=O) groups is 2. The molecule has 2 unspecified atom stereocenters. The van der Waals surface area contributed by atoms with Crippen LogP contribution in [0.3, 0.4) is 0 Å². The molecule has 150 valence electrons. The lowest BCUT2D eigenvalue weighted by atomic mass is 9.94. The van der Waals surface area contributed by atoms with Gasteiger partial charge >= 0.3 is 11.9 Å². The minimum absolute atomic E-state index is 0.295. The van der Waals surface area contributed by atoms with Crippen molar-refractivity contribution in [3.8, 4) is 24.3 Å². The molecule has 0 aliphatic heterocycles. The lowest BCUT2D eigenvalue weighted by Gasteiger charge is -2.17. The SMILES string of the molecule is C#COC(=O)C(C)CC(CC)C(=O)Oc1ccc(C(/C=C/CC#N)=C/C=C)cc1. The molecule has 0 aromatic heterocycles. The minimum atomic E-state index is -0.533. The van der Waals surface area contributed by atoms with E-state index in [0.717, 1.165) is 11.1 Å². The number of nitriles is 1. The first-order chi connectivity index (χ1) is 14.0. The number of esters is 2. The summed E-state index contributed by atoms with van der Waals surface area (Å²) in [5, 5.41) is 8.65. The molecule has 1 rings (SSSR count). The Bertz CT molecular complexity index is 850. The van der Waals surface area contributed by atoms with E-state index in [-0.39, 0.29) is 0 Å². The summed E-state index contributed by atoms with van der Waals surface area (Å²) in [5.41, 5.74) is 1.79. The summed E-state index contributed by atoms with van der Waals surface area (Å²) in [7, 11) is 0. The van der Waals surface area contributed by atoms with E-state index < -0.39 is 23.8 Å². The minimum Gasteiger partial charge on any atom is -0.426 e. The number of benzene rings is 1. The second-order valence-corrected chi connectivity index (χ2v) is 6.35. The normalized spacial score (nSPS) is 13.0. The number of ether oxygens (including phenoxy) is 2. The molecule has 5 nitrogen and oxygen atoms in total. The maximum Gasteiger partial charge on any atom is 0.322 e. The molecule has 0 aliphatic rings. The summed E-state index contributed by atoms with van der Waals surface area (Å²) in [4.78, 5) is 24.1. The first-order valence-electron chi connectivity index (χ1n) is 9.31. The standard InChI is InChI=1S/C24H25NO4/c1-5-10-20(11-8-9-16-25)21-12-14-22(15-13-21)29-24(27)19(6-2)17-18(4)23(26)28-7-3/h3,5,8,10-15,18-19H,1,6,9,17H2,2,4H3/b11-8+,20-10+. The van der Waals surface area contributed by atoms with Crippen molar-refractivity contribution in [1.29, 1.82) is 5.26 Å². The highest BCUT2D eigenvalue weighted by Crippen LogP contribution is 2.23. The van der Waals surface area contributed by atoms with E-state index >= 15 is 0 Å². The number of allylic oxidation sites excluding steroid dienone is 5. The number of terminal acetylenes is 1. The van der Waals surface area contributed by atoms with Crippen LogP contribution in [0, 0.1) is 35.7 Å². The van der Waals surface area contributed by atoms with E-state index in [2.05, 4.69) is 17.4 Å². The van der Waals surface area contributed by atoms with Crippen molar-refractivity contribution in [2.45, 2.75) is 33.1 Å². The number of hydrogen-bond acceptors (Lipinski definition) is 5. The molecule has 0 spiro atoms. The van der Waals surface area contributed by atoms with E-state index in [1.807, 2.05) is 37.3 Å². The first-order valence-corrected chi connectivity index (χ1v) is 9.31. The maximum absolute atomic E-state index is 12.5. The number of hydrogen-bond donors (Lipinski definition) is 0. The Labute approximate surface area is 172 Å². The molecule has 1 aromatic carbocycles. The van der Waals surface area contributed by atoms with Crippen LogP contribution < -0.4 is 4.74 Å². The molecule has 0 saturated heterocycles. The molecule has 0 saturated carbocycles. The van der Waals surface area contributed by atoms with Gasteiger partial charge in [-0.1, -0.05) is 63.3 Å². The third kappa shape index (κ3) is 7.91. The first kappa shape index (κ1) is 23.5. The van der Waals surface area contributed by atoms with E-state index in [1.165, 1.54) is 0 Å². The largest absolute Gasteiger partial charge is 0.426 e. The fraction of sp³-hybridized carbons (Fsp3) is 0.292. The van der Waals surface area contributed by atoms with Crippen molar-refractivity contribution in [3.05, 3.63) is 60.7 Å². The topological polar surface area (TPSA) is 76.4 Å². The summed E-state index contributed by atoms with van der Waals surface area (Å²) in [6.07, 6.45) is 15.1. The van der Waals surface area contributed by atoms with Gasteiger partial charge in [0.2, 0.25) is 0 Å². The van der Waals surface area contributed by atoms with Gasteiger partial charge in [0.05, 0.1) is 24.3 Å². The third-order valence-corrected chi connectivity index (χ3v) is 4.24. The molecule has 5 heteroatoms. The van der Waals surface area contributed by atoms with Gasteiger partial charge in [-0.25, -0.2) is 0 Å². The highest BCUT2D eigenvalue weighted by molar-refractivity contribution is 5.78. The lowest BCUT2D eigenvalue weighted by molar-refractivity contribution is -0.143. The second kappa shape index (κ2) is 12.8.